The van der Waals surface area contributed by atoms with Crippen LogP contribution in [0.2, 0.25) is 5.02 Å². The van der Waals surface area contributed by atoms with Crippen molar-refractivity contribution in [2.45, 2.75) is 12.6 Å². The van der Waals surface area contributed by atoms with Crippen LogP contribution < -0.4 is 5.32 Å². The van der Waals surface area contributed by atoms with Gasteiger partial charge in [-0.25, -0.2) is 9.97 Å². The van der Waals surface area contributed by atoms with Gasteiger partial charge in [0.25, 0.3) is 0 Å². The van der Waals surface area contributed by atoms with Gasteiger partial charge in [-0.1, -0.05) is 23.7 Å². The molecule has 0 aliphatic heterocycles. The second-order valence-corrected chi connectivity index (χ2v) is 8.15. The number of anilines is 2. The molecule has 0 spiro atoms. The summed E-state index contributed by atoms with van der Waals surface area (Å²) >= 11 is 10.5. The van der Waals surface area contributed by atoms with Crippen molar-refractivity contribution in [1.82, 2.24) is 14.4 Å². The summed E-state index contributed by atoms with van der Waals surface area (Å²) in [5, 5.41) is 5.92. The van der Waals surface area contributed by atoms with E-state index >= 15 is 0 Å². The first-order valence-electron chi connectivity index (χ1n) is 8.00. The van der Waals surface area contributed by atoms with Crippen LogP contribution in [0.1, 0.15) is 5.69 Å². The largest absolute Gasteiger partial charge is 0.394 e. The Hall–Kier alpha value is -2.10. The number of aromatic nitrogens is 3. The fourth-order valence-corrected chi connectivity index (χ4v) is 3.88. The molecule has 3 aromatic heterocycles. The third-order valence-electron chi connectivity index (χ3n) is 3.89. The molecule has 4 nitrogen and oxygen atoms in total. The van der Waals surface area contributed by atoms with E-state index in [4.69, 9.17) is 11.6 Å². The monoisotopic (exact) mass is 486 g/mol. The first-order valence-corrected chi connectivity index (χ1v) is 10.1. The highest BCUT2D eigenvalue weighted by Gasteiger charge is 2.31. The fraction of sp³-hybridized carbons (Fsp3) is 0.111. The van der Waals surface area contributed by atoms with E-state index in [0.717, 1.165) is 10.0 Å². The zero-order valence-corrected chi connectivity index (χ0v) is 17.1. The van der Waals surface area contributed by atoms with Crippen LogP contribution in [0.5, 0.6) is 0 Å². The maximum Gasteiger partial charge on any atom is 0.394 e. The Morgan fingerprint density at radius 2 is 1.86 bits per heavy atom. The first-order chi connectivity index (χ1) is 13.3. The molecule has 0 fully saturated rings. The average molecular weight is 488 g/mol. The zero-order chi connectivity index (χ0) is 19.9. The molecule has 28 heavy (non-hydrogen) atoms. The molecule has 0 saturated heterocycles. The van der Waals surface area contributed by atoms with Crippen LogP contribution in [0.15, 0.2) is 52.4 Å². The van der Waals surface area contributed by atoms with E-state index in [2.05, 4.69) is 31.2 Å². The lowest BCUT2D eigenvalue weighted by atomic mass is 10.2. The fourth-order valence-electron chi connectivity index (χ4n) is 2.70. The van der Waals surface area contributed by atoms with Crippen LogP contribution in [0.3, 0.4) is 0 Å². The summed E-state index contributed by atoms with van der Waals surface area (Å²) in [6.07, 6.45) is -3.84. The van der Waals surface area contributed by atoms with Crippen LogP contribution in [-0.4, -0.2) is 20.5 Å². The average Bonchev–Trinajstić information content (AvgIpc) is 3.20. The number of nitrogens with zero attached hydrogens (tertiary/aromatic N) is 3. The van der Waals surface area contributed by atoms with Gasteiger partial charge >= 0.3 is 6.18 Å². The second-order valence-electron chi connectivity index (χ2n) is 5.94. The van der Waals surface area contributed by atoms with Gasteiger partial charge < -0.3 is 5.32 Å². The van der Waals surface area contributed by atoms with Gasteiger partial charge in [-0.3, -0.25) is 4.40 Å². The van der Waals surface area contributed by atoms with E-state index in [1.807, 2.05) is 17.5 Å². The van der Waals surface area contributed by atoms with Gasteiger partial charge in [-0.15, -0.1) is 11.3 Å². The molecular weight excluding hydrogens is 477 g/mol. The summed E-state index contributed by atoms with van der Waals surface area (Å²) in [6.45, 7) is 0. The molecule has 0 saturated carbocycles. The molecule has 10 heteroatoms. The van der Waals surface area contributed by atoms with Gasteiger partial charge in [0.15, 0.2) is 5.13 Å². The molecule has 1 aromatic carbocycles. The van der Waals surface area contributed by atoms with Gasteiger partial charge in [0.2, 0.25) is 0 Å². The molecule has 0 atom stereocenters. The molecule has 144 valence electrons. The van der Waals surface area contributed by atoms with E-state index in [-0.39, 0.29) is 11.5 Å². The molecule has 0 radical (unpaired) electrons. The Morgan fingerprint density at radius 1 is 1.11 bits per heavy atom. The van der Waals surface area contributed by atoms with Crippen molar-refractivity contribution in [2.75, 3.05) is 5.32 Å². The second kappa shape index (κ2) is 7.38. The molecule has 0 aliphatic carbocycles. The quantitative estimate of drug-likeness (QED) is 0.347. The number of pyridine rings is 1. The van der Waals surface area contributed by atoms with E-state index < -0.39 is 12.6 Å². The van der Waals surface area contributed by atoms with E-state index in [0.29, 0.717) is 21.5 Å². The molecule has 0 unspecified atom stereocenters. The number of fused-ring (bicyclic) bond motifs is 1. The van der Waals surface area contributed by atoms with Crippen LogP contribution >= 0.6 is 38.9 Å². The summed E-state index contributed by atoms with van der Waals surface area (Å²) in [4.78, 5) is 8.61. The summed E-state index contributed by atoms with van der Waals surface area (Å²) in [5.41, 5.74) is 1.90. The van der Waals surface area contributed by atoms with Crippen molar-refractivity contribution in [3.8, 4) is 11.3 Å². The minimum atomic E-state index is -4.37. The van der Waals surface area contributed by atoms with Crippen molar-refractivity contribution < 1.29 is 13.2 Å². The third kappa shape index (κ3) is 4.16. The van der Waals surface area contributed by atoms with Crippen molar-refractivity contribution in [1.29, 1.82) is 0 Å². The number of thiazole rings is 1. The predicted molar refractivity (Wildman–Crippen MR) is 108 cm³/mol. The number of rotatable bonds is 4. The van der Waals surface area contributed by atoms with Crippen LogP contribution in [0, 0.1) is 0 Å². The molecule has 0 bridgehead atoms. The van der Waals surface area contributed by atoms with Gasteiger partial charge in [-0.05, 0) is 40.2 Å². The Morgan fingerprint density at radius 3 is 2.57 bits per heavy atom. The Bertz CT molecular complexity index is 1140. The topological polar surface area (TPSA) is 42.2 Å². The van der Waals surface area contributed by atoms with E-state index in [9.17, 15) is 13.2 Å². The minimum Gasteiger partial charge on any atom is -0.316 e. The summed E-state index contributed by atoms with van der Waals surface area (Å²) < 4.78 is 41.3. The molecule has 4 rings (SSSR count). The number of benzene rings is 1. The number of hydrogen-bond donors (Lipinski definition) is 1. The van der Waals surface area contributed by atoms with Crippen molar-refractivity contribution >= 4 is 55.5 Å². The number of imidazole rings is 1. The Kier molecular flexibility index (Phi) is 5.07. The summed E-state index contributed by atoms with van der Waals surface area (Å²) in [5.74, 6) is 0.241. The SMILES string of the molecule is FC(F)(F)Cc1nc2ccc(Br)cn2c1Nc1nc(-c2ccc(Cl)cc2)cs1. The minimum absolute atomic E-state index is 0.0890. The first kappa shape index (κ1) is 19.2. The lowest BCUT2D eigenvalue weighted by molar-refractivity contribution is -0.127. The third-order valence-corrected chi connectivity index (χ3v) is 5.37. The molecule has 0 amide bonds. The van der Waals surface area contributed by atoms with Crippen molar-refractivity contribution in [3.05, 3.63) is 63.2 Å². The number of nitrogens with one attached hydrogen (secondary N) is 1. The molecule has 4 aromatic rings. The van der Waals surface area contributed by atoms with Gasteiger partial charge in [0, 0.05) is 26.6 Å². The zero-order valence-electron chi connectivity index (χ0n) is 14.0. The van der Waals surface area contributed by atoms with Crippen molar-refractivity contribution in [3.63, 3.8) is 0 Å². The number of hydrogen-bond acceptors (Lipinski definition) is 4. The van der Waals surface area contributed by atoms with Crippen LogP contribution in [0.25, 0.3) is 16.9 Å². The normalized spacial score (nSPS) is 11.9. The lowest BCUT2D eigenvalue weighted by Crippen LogP contribution is -2.13. The predicted octanol–water partition coefficient (Wildman–Crippen LogP) is 6.72. The lowest BCUT2D eigenvalue weighted by Gasteiger charge is -2.08. The summed E-state index contributed by atoms with van der Waals surface area (Å²) in [7, 11) is 0. The molecule has 3 heterocycles. The van der Waals surface area contributed by atoms with Crippen LogP contribution in [-0.2, 0) is 6.42 Å². The van der Waals surface area contributed by atoms with Crippen molar-refractivity contribution in [2.24, 2.45) is 0 Å². The number of alkyl halides is 3. The van der Waals surface area contributed by atoms with Gasteiger partial charge in [0.1, 0.15) is 11.5 Å². The maximum atomic E-state index is 13.0. The highest BCUT2D eigenvalue weighted by molar-refractivity contribution is 9.10. The Labute approximate surface area is 175 Å². The number of halogens is 5. The standard InChI is InChI=1S/C18H11BrClF3N4S/c19-11-3-6-15-24-13(7-18(21,22)23)16(27(15)8-11)26-17-25-14(9-28-17)10-1-4-12(20)5-2-10/h1-6,8-9H,7H2,(H,25,26). The van der Waals surface area contributed by atoms with Gasteiger partial charge in [0.05, 0.1) is 17.8 Å². The summed E-state index contributed by atoms with van der Waals surface area (Å²) in [6, 6.07) is 10.6. The van der Waals surface area contributed by atoms with Gasteiger partial charge in [-0.2, -0.15) is 13.2 Å². The van der Waals surface area contributed by atoms with E-state index in [1.54, 1.807) is 34.9 Å². The molecule has 0 aliphatic rings. The maximum absolute atomic E-state index is 13.0. The molecular formula is C18H11BrClF3N4S. The highest BCUT2D eigenvalue weighted by atomic mass is 79.9. The van der Waals surface area contributed by atoms with Crippen LogP contribution in [0.4, 0.5) is 24.1 Å². The highest BCUT2D eigenvalue weighted by Crippen LogP contribution is 2.32. The molecule has 1 N–H and O–H groups in total. The van der Waals surface area contributed by atoms with E-state index in [1.165, 1.54) is 11.3 Å². The Balaban J connectivity index is 1.71. The smallest absolute Gasteiger partial charge is 0.316 e.